The van der Waals surface area contributed by atoms with E-state index in [1.165, 1.54) is 18.2 Å². The molecule has 0 radical (unpaired) electrons. The number of carbonyl (C=O) groups excluding carboxylic acids is 1. The molecular weight excluding hydrogens is 268 g/mol. The Labute approximate surface area is 114 Å². The summed E-state index contributed by atoms with van der Waals surface area (Å²) in [5, 5.41) is 20.1. The van der Waals surface area contributed by atoms with Crippen LogP contribution in [-0.4, -0.2) is 25.5 Å². The van der Waals surface area contributed by atoms with Gasteiger partial charge in [-0.1, -0.05) is 0 Å². The maximum Gasteiger partial charge on any atom is 0.261 e. The quantitative estimate of drug-likeness (QED) is 0.807. The van der Waals surface area contributed by atoms with Gasteiger partial charge in [0.2, 0.25) is 5.91 Å². The zero-order valence-corrected chi connectivity index (χ0v) is 10.4. The minimum Gasteiger partial charge on any atom is -0.375 e. The molecule has 20 heavy (non-hydrogen) atoms. The Morgan fingerprint density at radius 2 is 2.00 bits per heavy atom. The number of hydrogen-bond donors (Lipinski definition) is 1. The highest BCUT2D eigenvalue weighted by Crippen LogP contribution is 2.14. The van der Waals surface area contributed by atoms with E-state index in [4.69, 9.17) is 10.5 Å². The fraction of sp³-hybridized carbons (Fsp3) is 0.308. The molecule has 0 aliphatic rings. The summed E-state index contributed by atoms with van der Waals surface area (Å²) in [6, 6.07) is 7.97. The Morgan fingerprint density at radius 3 is 2.60 bits per heavy atom. The van der Waals surface area contributed by atoms with E-state index in [0.717, 1.165) is 0 Å². The molecule has 0 spiro atoms. The van der Waals surface area contributed by atoms with Crippen molar-refractivity contribution in [2.24, 2.45) is 0 Å². The lowest BCUT2D eigenvalue weighted by atomic mass is 10.1. The zero-order chi connectivity index (χ0) is 15.0. The third-order valence-corrected chi connectivity index (χ3v) is 2.26. The van der Waals surface area contributed by atoms with Crippen LogP contribution in [0.25, 0.3) is 0 Å². The van der Waals surface area contributed by atoms with Crippen molar-refractivity contribution in [2.45, 2.75) is 12.8 Å². The molecular formula is C13H11F2N3O2. The van der Waals surface area contributed by atoms with E-state index in [1.54, 1.807) is 0 Å². The lowest BCUT2D eigenvalue weighted by Gasteiger charge is -2.06. The van der Waals surface area contributed by atoms with Crippen LogP contribution in [0.4, 0.5) is 14.5 Å². The van der Waals surface area contributed by atoms with E-state index in [1.807, 2.05) is 12.1 Å². The molecule has 0 heterocycles. The fourth-order valence-electron chi connectivity index (χ4n) is 1.37. The minimum absolute atomic E-state index is 0.0748. The van der Waals surface area contributed by atoms with Crippen molar-refractivity contribution in [2.75, 3.05) is 18.5 Å². The molecule has 0 saturated heterocycles. The third kappa shape index (κ3) is 5.01. The molecule has 0 unspecified atom stereocenters. The van der Waals surface area contributed by atoms with E-state index in [0.29, 0.717) is 5.69 Å². The topological polar surface area (TPSA) is 85.9 Å². The maximum atomic E-state index is 11.8. The van der Waals surface area contributed by atoms with Crippen molar-refractivity contribution in [3.05, 3.63) is 29.3 Å². The molecule has 0 atom stereocenters. The highest BCUT2D eigenvalue weighted by molar-refractivity contribution is 5.91. The number of rotatable bonds is 6. The predicted octanol–water partition coefficient (Wildman–Crippen LogP) is 2.04. The van der Waals surface area contributed by atoms with Gasteiger partial charge in [0, 0.05) is 5.69 Å². The average molecular weight is 279 g/mol. The van der Waals surface area contributed by atoms with Gasteiger partial charge in [-0.2, -0.15) is 10.5 Å². The summed E-state index contributed by atoms with van der Waals surface area (Å²) in [6.07, 6.45) is -2.64. The number of amides is 1. The monoisotopic (exact) mass is 279 g/mol. The maximum absolute atomic E-state index is 11.8. The first-order chi connectivity index (χ1) is 9.56. The summed E-state index contributed by atoms with van der Waals surface area (Å²) < 4.78 is 28.1. The number of halogens is 2. The average Bonchev–Trinajstić information content (AvgIpc) is 2.43. The summed E-state index contributed by atoms with van der Waals surface area (Å²) in [6.45, 7) is -0.819. The largest absolute Gasteiger partial charge is 0.375 e. The molecule has 0 bridgehead atoms. The van der Waals surface area contributed by atoms with Gasteiger partial charge in [0.05, 0.1) is 24.2 Å². The molecule has 1 rings (SSSR count). The van der Waals surface area contributed by atoms with Crippen molar-refractivity contribution in [3.8, 4) is 12.1 Å². The smallest absolute Gasteiger partial charge is 0.261 e. The highest BCUT2D eigenvalue weighted by atomic mass is 19.3. The van der Waals surface area contributed by atoms with Crippen molar-refractivity contribution in [1.82, 2.24) is 0 Å². The second-order valence-corrected chi connectivity index (χ2v) is 3.75. The Bertz CT molecular complexity index is 562. The molecule has 1 aromatic carbocycles. The van der Waals surface area contributed by atoms with Crippen molar-refractivity contribution in [1.29, 1.82) is 10.5 Å². The number of nitriles is 2. The van der Waals surface area contributed by atoms with Crippen LogP contribution >= 0.6 is 0 Å². The molecule has 0 saturated carbocycles. The molecule has 0 fully saturated rings. The Kier molecular flexibility index (Phi) is 6.08. The number of nitrogens with one attached hydrogen (secondary N) is 1. The van der Waals surface area contributed by atoms with Gasteiger partial charge in [-0.15, -0.1) is 0 Å². The third-order valence-electron chi connectivity index (χ3n) is 2.26. The summed E-state index contributed by atoms with van der Waals surface area (Å²) >= 11 is 0. The van der Waals surface area contributed by atoms with E-state index >= 15 is 0 Å². The van der Waals surface area contributed by atoms with E-state index < -0.39 is 18.9 Å². The number of carbonyl (C=O) groups is 1. The molecule has 1 aromatic rings. The highest BCUT2D eigenvalue weighted by Gasteiger charge is 2.07. The molecule has 1 amide bonds. The molecule has 1 N–H and O–H groups in total. The van der Waals surface area contributed by atoms with Crippen LogP contribution in [-0.2, 0) is 9.53 Å². The normalized spacial score (nSPS) is 9.85. The van der Waals surface area contributed by atoms with Crippen molar-refractivity contribution in [3.63, 3.8) is 0 Å². The van der Waals surface area contributed by atoms with Crippen LogP contribution in [0, 0.1) is 22.7 Å². The molecule has 7 heteroatoms. The second-order valence-electron chi connectivity index (χ2n) is 3.75. The van der Waals surface area contributed by atoms with Crippen LogP contribution in [0.15, 0.2) is 18.2 Å². The van der Waals surface area contributed by atoms with Gasteiger partial charge in [-0.05, 0) is 18.2 Å². The van der Waals surface area contributed by atoms with Gasteiger partial charge in [0.15, 0.2) is 0 Å². The lowest BCUT2D eigenvalue weighted by Crippen LogP contribution is -2.15. The van der Waals surface area contributed by atoms with E-state index in [2.05, 4.69) is 10.1 Å². The molecule has 5 nitrogen and oxygen atoms in total. The van der Waals surface area contributed by atoms with Gasteiger partial charge < -0.3 is 10.1 Å². The number of benzene rings is 1. The zero-order valence-electron chi connectivity index (χ0n) is 10.4. The molecule has 0 aromatic heterocycles. The van der Waals surface area contributed by atoms with Gasteiger partial charge >= 0.3 is 0 Å². The molecule has 104 valence electrons. The SMILES string of the molecule is N#Cc1ccc(NC(=O)CCOCC(F)F)cc1C#N. The van der Waals surface area contributed by atoms with Crippen LogP contribution in [0.2, 0.25) is 0 Å². The number of anilines is 1. The number of alkyl halides is 2. The van der Waals surface area contributed by atoms with Crippen LogP contribution in [0.3, 0.4) is 0 Å². The van der Waals surface area contributed by atoms with E-state index in [9.17, 15) is 13.6 Å². The lowest BCUT2D eigenvalue weighted by molar-refractivity contribution is -0.117. The summed E-state index contributed by atoms with van der Waals surface area (Å²) in [5.41, 5.74) is 0.726. The standard InChI is InChI=1S/C13H11F2N3O2/c14-12(15)8-20-4-3-13(19)18-11-2-1-9(6-16)10(5-11)7-17/h1-2,5,12H,3-4,8H2,(H,18,19). The Hall–Kier alpha value is -2.51. The first-order valence-corrected chi connectivity index (χ1v) is 5.66. The first-order valence-electron chi connectivity index (χ1n) is 5.66. The van der Waals surface area contributed by atoms with Gasteiger partial charge in [0.1, 0.15) is 18.7 Å². The fourth-order valence-corrected chi connectivity index (χ4v) is 1.37. The number of hydrogen-bond acceptors (Lipinski definition) is 4. The van der Waals surface area contributed by atoms with Gasteiger partial charge in [-0.3, -0.25) is 4.79 Å². The first kappa shape index (κ1) is 15.5. The minimum atomic E-state index is -2.56. The summed E-state index contributed by atoms with van der Waals surface area (Å²) in [4.78, 5) is 11.5. The van der Waals surface area contributed by atoms with Gasteiger partial charge in [0.25, 0.3) is 6.43 Å². The molecule has 0 aliphatic heterocycles. The van der Waals surface area contributed by atoms with Crippen molar-refractivity contribution >= 4 is 11.6 Å². The predicted molar refractivity (Wildman–Crippen MR) is 65.9 cm³/mol. The summed E-state index contributed by atoms with van der Waals surface area (Å²) in [5.74, 6) is -0.423. The molecule has 0 aliphatic carbocycles. The van der Waals surface area contributed by atoms with Crippen LogP contribution in [0.5, 0.6) is 0 Å². The van der Waals surface area contributed by atoms with Crippen LogP contribution < -0.4 is 5.32 Å². The number of nitrogens with zero attached hydrogens (tertiary/aromatic N) is 2. The Morgan fingerprint density at radius 1 is 1.30 bits per heavy atom. The van der Waals surface area contributed by atoms with Gasteiger partial charge in [-0.25, -0.2) is 8.78 Å². The Balaban J connectivity index is 2.51. The number of ether oxygens (including phenoxy) is 1. The second kappa shape index (κ2) is 7.82. The van der Waals surface area contributed by atoms with E-state index in [-0.39, 0.29) is 24.2 Å². The van der Waals surface area contributed by atoms with Crippen LogP contribution in [0.1, 0.15) is 17.5 Å². The van der Waals surface area contributed by atoms with Crippen molar-refractivity contribution < 1.29 is 18.3 Å². The summed E-state index contributed by atoms with van der Waals surface area (Å²) in [7, 11) is 0.